The fraction of sp³-hybridized carbons (Fsp3) is 0.261. The number of ether oxygens (including phenoxy) is 4. The number of nitrogens with one attached hydrogen (secondary N) is 1. The maximum Gasteiger partial charge on any atom is 0.328 e. The quantitative estimate of drug-likeness (QED) is 0.479. The van der Waals surface area contributed by atoms with E-state index in [-0.39, 0.29) is 23.0 Å². The highest BCUT2D eigenvalue weighted by Crippen LogP contribution is 2.36. The molecule has 10 nitrogen and oxygen atoms in total. The molecule has 0 radical (unpaired) electrons. The molecule has 2 aromatic rings. The Hall–Kier alpha value is -4.05. The van der Waals surface area contributed by atoms with Gasteiger partial charge in [-0.1, -0.05) is 0 Å². The Balaban J connectivity index is 1.70. The van der Waals surface area contributed by atoms with Crippen LogP contribution in [-0.2, 0) is 9.59 Å². The molecule has 10 heteroatoms. The van der Waals surface area contributed by atoms with Gasteiger partial charge < -0.3 is 34.5 Å². The van der Waals surface area contributed by atoms with Gasteiger partial charge in [0.25, 0.3) is 5.91 Å². The molecule has 0 fully saturated rings. The number of carboxylic acids is 1. The lowest BCUT2D eigenvalue weighted by Gasteiger charge is -2.17. The van der Waals surface area contributed by atoms with Gasteiger partial charge in [-0.05, 0) is 37.3 Å². The standard InChI is InChI=1S/C23H23NO9/c1-12(25)21(23(28)29)24-20(26)11-32-15-6-7-16-18(10-15)33-19(22(16)27)8-13-4-5-14(30-2)9-17(13)31-3/h4-10,12,21,25H,11H2,1-3H3,(H,24,26)(H,28,29)/t12-,21-/m0/s1. The molecule has 0 bridgehead atoms. The predicted octanol–water partition coefficient (Wildman–Crippen LogP) is 1.65. The maximum atomic E-state index is 12.7. The van der Waals surface area contributed by atoms with Gasteiger partial charge in [-0.2, -0.15) is 0 Å². The van der Waals surface area contributed by atoms with Crippen LogP contribution < -0.4 is 24.3 Å². The van der Waals surface area contributed by atoms with Crippen LogP contribution in [0.3, 0.4) is 0 Å². The highest BCUT2D eigenvalue weighted by Gasteiger charge is 2.29. The van der Waals surface area contributed by atoms with Crippen LogP contribution in [0.1, 0.15) is 22.8 Å². The minimum absolute atomic E-state index is 0.0876. The summed E-state index contributed by atoms with van der Waals surface area (Å²) in [4.78, 5) is 35.7. The van der Waals surface area contributed by atoms with Crippen LogP contribution in [0.15, 0.2) is 42.2 Å². The zero-order valence-corrected chi connectivity index (χ0v) is 18.2. The summed E-state index contributed by atoms with van der Waals surface area (Å²) in [6, 6.07) is 8.14. The van der Waals surface area contributed by atoms with Crippen molar-refractivity contribution in [3.63, 3.8) is 0 Å². The number of hydrogen-bond acceptors (Lipinski definition) is 8. The molecular weight excluding hydrogens is 434 g/mol. The third kappa shape index (κ3) is 5.42. The summed E-state index contributed by atoms with van der Waals surface area (Å²) in [5.41, 5.74) is 0.944. The Labute approximate surface area is 189 Å². The van der Waals surface area contributed by atoms with E-state index in [1.807, 2.05) is 0 Å². The van der Waals surface area contributed by atoms with Crippen LogP contribution in [-0.4, -0.2) is 60.8 Å². The second-order valence-corrected chi connectivity index (χ2v) is 7.12. The molecule has 0 spiro atoms. The largest absolute Gasteiger partial charge is 0.497 e. The number of aliphatic hydroxyl groups excluding tert-OH is 1. The zero-order valence-electron chi connectivity index (χ0n) is 18.2. The van der Waals surface area contributed by atoms with Crippen molar-refractivity contribution in [1.82, 2.24) is 5.32 Å². The normalized spacial score (nSPS) is 15.3. The number of Topliss-reactive ketones (excluding diaryl/α,β-unsaturated/α-hetero) is 1. The summed E-state index contributed by atoms with van der Waals surface area (Å²) in [5, 5.41) is 20.6. The molecule has 3 rings (SSSR count). The van der Waals surface area contributed by atoms with Crippen molar-refractivity contribution in [2.24, 2.45) is 0 Å². The smallest absolute Gasteiger partial charge is 0.328 e. The molecule has 1 aliphatic rings. The average Bonchev–Trinajstić information content (AvgIpc) is 3.10. The number of carbonyl (C=O) groups is 3. The second kappa shape index (κ2) is 10.0. The number of amides is 1. The summed E-state index contributed by atoms with van der Waals surface area (Å²) in [6.07, 6.45) is 0.275. The van der Waals surface area contributed by atoms with Gasteiger partial charge in [0, 0.05) is 17.7 Å². The molecular formula is C23H23NO9. The molecule has 0 unspecified atom stereocenters. The highest BCUT2D eigenvalue weighted by molar-refractivity contribution is 6.14. The first-order valence-corrected chi connectivity index (χ1v) is 9.86. The number of carboxylic acid groups (broad SMARTS) is 1. The minimum Gasteiger partial charge on any atom is -0.497 e. The van der Waals surface area contributed by atoms with E-state index in [0.29, 0.717) is 22.6 Å². The van der Waals surface area contributed by atoms with E-state index in [9.17, 15) is 19.5 Å². The van der Waals surface area contributed by atoms with Gasteiger partial charge in [-0.25, -0.2) is 4.79 Å². The number of ketones is 1. The SMILES string of the molecule is COc1ccc(C=C2Oc3cc(OCC(=O)N[C@H](C(=O)O)[C@H](C)O)ccc3C2=O)c(OC)c1. The van der Waals surface area contributed by atoms with E-state index >= 15 is 0 Å². The molecule has 33 heavy (non-hydrogen) atoms. The number of aliphatic carboxylic acids is 1. The fourth-order valence-electron chi connectivity index (χ4n) is 3.09. The number of rotatable bonds is 9. The summed E-state index contributed by atoms with van der Waals surface area (Å²) < 4.78 is 21.6. The van der Waals surface area contributed by atoms with Gasteiger partial charge in [0.15, 0.2) is 18.4 Å². The summed E-state index contributed by atoms with van der Waals surface area (Å²) in [7, 11) is 3.04. The van der Waals surface area contributed by atoms with Crippen molar-refractivity contribution in [3.8, 4) is 23.0 Å². The number of fused-ring (bicyclic) bond motifs is 1. The molecule has 0 saturated heterocycles. The average molecular weight is 457 g/mol. The Morgan fingerprint density at radius 1 is 1.12 bits per heavy atom. The van der Waals surface area contributed by atoms with Gasteiger partial charge in [0.05, 0.1) is 25.9 Å². The molecule has 3 N–H and O–H groups in total. The topological polar surface area (TPSA) is 141 Å². The van der Waals surface area contributed by atoms with Gasteiger partial charge in [0.2, 0.25) is 5.78 Å². The lowest BCUT2D eigenvalue weighted by atomic mass is 10.1. The summed E-state index contributed by atoms with van der Waals surface area (Å²) in [5.74, 6) is -0.736. The first kappa shape index (κ1) is 23.6. The number of methoxy groups -OCH3 is 2. The van der Waals surface area contributed by atoms with Crippen molar-refractivity contribution in [2.45, 2.75) is 19.1 Å². The molecule has 1 aliphatic heterocycles. The summed E-state index contributed by atoms with van der Waals surface area (Å²) >= 11 is 0. The van der Waals surface area contributed by atoms with Crippen LogP contribution >= 0.6 is 0 Å². The Bertz CT molecular complexity index is 1110. The van der Waals surface area contributed by atoms with Crippen molar-refractivity contribution >= 4 is 23.7 Å². The second-order valence-electron chi connectivity index (χ2n) is 7.12. The van der Waals surface area contributed by atoms with E-state index in [1.165, 1.54) is 39.3 Å². The Morgan fingerprint density at radius 2 is 1.85 bits per heavy atom. The minimum atomic E-state index is -1.45. The van der Waals surface area contributed by atoms with Gasteiger partial charge in [-0.15, -0.1) is 0 Å². The summed E-state index contributed by atoms with van der Waals surface area (Å²) in [6.45, 7) is 0.760. The number of allylic oxidation sites excluding steroid dienone is 1. The molecule has 2 aromatic carbocycles. The van der Waals surface area contributed by atoms with E-state index in [2.05, 4.69) is 5.32 Å². The molecule has 0 aliphatic carbocycles. The van der Waals surface area contributed by atoms with Crippen molar-refractivity contribution in [1.29, 1.82) is 0 Å². The van der Waals surface area contributed by atoms with E-state index in [1.54, 1.807) is 24.3 Å². The number of carbonyl (C=O) groups excluding carboxylic acids is 2. The van der Waals surface area contributed by atoms with E-state index in [4.69, 9.17) is 24.1 Å². The van der Waals surface area contributed by atoms with Crippen LogP contribution in [0.4, 0.5) is 0 Å². The van der Waals surface area contributed by atoms with Crippen LogP contribution in [0.25, 0.3) is 6.08 Å². The van der Waals surface area contributed by atoms with Crippen molar-refractivity contribution in [3.05, 3.63) is 53.3 Å². The van der Waals surface area contributed by atoms with Gasteiger partial charge in [-0.3, -0.25) is 9.59 Å². The number of benzene rings is 2. The maximum absolute atomic E-state index is 12.7. The molecule has 1 heterocycles. The van der Waals surface area contributed by atoms with Crippen molar-refractivity contribution < 1.29 is 43.5 Å². The molecule has 2 atom stereocenters. The first-order chi connectivity index (χ1) is 15.7. The van der Waals surface area contributed by atoms with Gasteiger partial charge in [0.1, 0.15) is 23.0 Å². The lowest BCUT2D eigenvalue weighted by molar-refractivity contribution is -0.145. The number of hydrogen-bond donors (Lipinski definition) is 3. The lowest BCUT2D eigenvalue weighted by Crippen LogP contribution is -2.49. The van der Waals surface area contributed by atoms with E-state index in [0.717, 1.165) is 0 Å². The first-order valence-electron chi connectivity index (χ1n) is 9.86. The fourth-order valence-corrected chi connectivity index (χ4v) is 3.09. The number of aliphatic hydroxyl groups is 1. The van der Waals surface area contributed by atoms with Gasteiger partial charge >= 0.3 is 5.97 Å². The molecule has 174 valence electrons. The highest BCUT2D eigenvalue weighted by atomic mass is 16.5. The third-order valence-corrected chi connectivity index (χ3v) is 4.80. The Kier molecular flexibility index (Phi) is 7.19. The molecule has 1 amide bonds. The Morgan fingerprint density at radius 3 is 2.48 bits per heavy atom. The predicted molar refractivity (Wildman–Crippen MR) is 116 cm³/mol. The third-order valence-electron chi connectivity index (χ3n) is 4.80. The van der Waals surface area contributed by atoms with E-state index < -0.39 is 30.6 Å². The van der Waals surface area contributed by atoms with Crippen LogP contribution in [0, 0.1) is 0 Å². The zero-order chi connectivity index (χ0) is 24.1. The van der Waals surface area contributed by atoms with Crippen molar-refractivity contribution in [2.75, 3.05) is 20.8 Å². The molecule has 0 aromatic heterocycles. The van der Waals surface area contributed by atoms with Crippen LogP contribution in [0.2, 0.25) is 0 Å². The monoisotopic (exact) mass is 457 g/mol. The molecule has 0 saturated carbocycles. The van der Waals surface area contributed by atoms with Crippen LogP contribution in [0.5, 0.6) is 23.0 Å².